The van der Waals surface area contributed by atoms with Crippen molar-refractivity contribution in [2.75, 3.05) is 38.2 Å². The Balaban J connectivity index is 1.34. The molecule has 33 heavy (non-hydrogen) atoms. The highest BCUT2D eigenvalue weighted by Gasteiger charge is 2.25. The number of hydrogen-bond acceptors (Lipinski definition) is 5. The standard InChI is InChI=1S/C24H22ClFN4O2S/c1-15-19-14-22(33-24(19)30(27-15)17-5-3-16(25)4-6-17)23(31)29-11-9-28(10-12-29)18-7-8-20(26)21(13-18)32-2/h3-8,13-14H,9-12H2,1-2H3. The fraction of sp³-hybridized carbons (Fsp3) is 0.250. The minimum atomic E-state index is -0.382. The smallest absolute Gasteiger partial charge is 0.264 e. The Morgan fingerprint density at radius 3 is 2.45 bits per heavy atom. The van der Waals surface area contributed by atoms with Crippen LogP contribution in [0.2, 0.25) is 5.02 Å². The molecule has 0 unspecified atom stereocenters. The second kappa shape index (κ2) is 8.68. The highest BCUT2D eigenvalue weighted by molar-refractivity contribution is 7.20. The third kappa shape index (κ3) is 4.05. The molecule has 0 spiro atoms. The molecule has 4 aromatic rings. The van der Waals surface area contributed by atoms with Gasteiger partial charge in [0.2, 0.25) is 0 Å². The SMILES string of the molecule is COc1cc(N2CCN(C(=O)c3cc4c(C)nn(-c5ccc(Cl)cc5)c4s3)CC2)ccc1F. The van der Waals surface area contributed by atoms with E-state index >= 15 is 0 Å². The maximum Gasteiger partial charge on any atom is 0.264 e. The van der Waals surface area contributed by atoms with Crippen LogP contribution in [0.15, 0.2) is 48.5 Å². The van der Waals surface area contributed by atoms with Crippen LogP contribution in [0.4, 0.5) is 10.1 Å². The Kier molecular flexibility index (Phi) is 5.72. The molecule has 5 rings (SSSR count). The number of ether oxygens (including phenoxy) is 1. The first-order valence-corrected chi connectivity index (χ1v) is 11.8. The Bertz CT molecular complexity index is 1330. The molecule has 1 aliphatic heterocycles. The number of amides is 1. The van der Waals surface area contributed by atoms with Crippen molar-refractivity contribution in [3.8, 4) is 11.4 Å². The number of nitrogens with zero attached hydrogens (tertiary/aromatic N) is 4. The topological polar surface area (TPSA) is 50.6 Å². The molecule has 0 aliphatic carbocycles. The lowest BCUT2D eigenvalue weighted by molar-refractivity contribution is 0.0751. The number of methoxy groups -OCH3 is 1. The maximum absolute atomic E-state index is 13.7. The van der Waals surface area contributed by atoms with E-state index in [4.69, 9.17) is 16.3 Å². The van der Waals surface area contributed by atoms with Gasteiger partial charge in [0, 0.05) is 48.3 Å². The van der Waals surface area contributed by atoms with Gasteiger partial charge in [-0.05, 0) is 49.4 Å². The summed E-state index contributed by atoms with van der Waals surface area (Å²) in [5, 5.41) is 6.29. The highest BCUT2D eigenvalue weighted by Crippen LogP contribution is 2.32. The van der Waals surface area contributed by atoms with Crippen LogP contribution < -0.4 is 9.64 Å². The average molecular weight is 485 g/mol. The number of hydrogen-bond donors (Lipinski definition) is 0. The van der Waals surface area contributed by atoms with Crippen LogP contribution in [0.3, 0.4) is 0 Å². The van der Waals surface area contributed by atoms with E-state index in [2.05, 4.69) is 10.00 Å². The fourth-order valence-electron chi connectivity index (χ4n) is 4.08. The molecule has 0 saturated carbocycles. The zero-order valence-corrected chi connectivity index (χ0v) is 19.8. The first-order valence-electron chi connectivity index (χ1n) is 10.6. The van der Waals surface area contributed by atoms with Crippen molar-refractivity contribution >= 4 is 44.7 Å². The molecule has 0 N–H and O–H groups in total. The predicted molar refractivity (Wildman–Crippen MR) is 130 cm³/mol. The highest BCUT2D eigenvalue weighted by atomic mass is 35.5. The van der Waals surface area contributed by atoms with E-state index in [0.717, 1.165) is 27.3 Å². The van der Waals surface area contributed by atoms with Crippen molar-refractivity contribution in [1.82, 2.24) is 14.7 Å². The summed E-state index contributed by atoms with van der Waals surface area (Å²) in [5.41, 5.74) is 2.67. The van der Waals surface area contributed by atoms with Gasteiger partial charge in [0.05, 0.1) is 23.4 Å². The van der Waals surface area contributed by atoms with Crippen molar-refractivity contribution in [3.05, 3.63) is 69.9 Å². The molecule has 1 fully saturated rings. The molecule has 2 aromatic carbocycles. The number of thiophene rings is 1. The third-order valence-electron chi connectivity index (χ3n) is 5.89. The van der Waals surface area contributed by atoms with Gasteiger partial charge in [0.25, 0.3) is 5.91 Å². The lowest BCUT2D eigenvalue weighted by Gasteiger charge is -2.36. The summed E-state index contributed by atoms with van der Waals surface area (Å²) >= 11 is 7.48. The average Bonchev–Trinajstić information content (AvgIpc) is 3.40. The number of carbonyl (C=O) groups is 1. The van der Waals surface area contributed by atoms with Gasteiger partial charge in [-0.15, -0.1) is 11.3 Å². The van der Waals surface area contributed by atoms with Gasteiger partial charge < -0.3 is 14.5 Å². The van der Waals surface area contributed by atoms with Crippen molar-refractivity contribution in [2.45, 2.75) is 6.92 Å². The van der Waals surface area contributed by atoms with E-state index < -0.39 is 0 Å². The largest absolute Gasteiger partial charge is 0.494 e. The van der Waals surface area contributed by atoms with Crippen LogP contribution in [0.1, 0.15) is 15.4 Å². The normalized spacial score (nSPS) is 14.2. The molecule has 3 heterocycles. The van der Waals surface area contributed by atoms with E-state index in [0.29, 0.717) is 36.1 Å². The molecule has 170 valence electrons. The summed E-state index contributed by atoms with van der Waals surface area (Å²) in [7, 11) is 1.46. The van der Waals surface area contributed by atoms with Crippen molar-refractivity contribution in [2.24, 2.45) is 0 Å². The zero-order valence-electron chi connectivity index (χ0n) is 18.2. The number of anilines is 1. The van der Waals surface area contributed by atoms with Crippen LogP contribution in [0, 0.1) is 12.7 Å². The van der Waals surface area contributed by atoms with Gasteiger partial charge in [0.1, 0.15) is 4.83 Å². The van der Waals surface area contributed by atoms with Gasteiger partial charge in [0.15, 0.2) is 11.6 Å². The molecule has 0 radical (unpaired) electrons. The van der Waals surface area contributed by atoms with Gasteiger partial charge in [-0.25, -0.2) is 9.07 Å². The van der Waals surface area contributed by atoms with Crippen LogP contribution >= 0.6 is 22.9 Å². The molecular formula is C24H22ClFN4O2S. The molecule has 1 amide bonds. The Morgan fingerprint density at radius 1 is 1.06 bits per heavy atom. The summed E-state index contributed by atoms with van der Waals surface area (Å²) < 4.78 is 20.7. The van der Waals surface area contributed by atoms with Crippen LogP contribution in [0.5, 0.6) is 5.75 Å². The van der Waals surface area contributed by atoms with Gasteiger partial charge in [-0.1, -0.05) is 11.6 Å². The number of fused-ring (bicyclic) bond motifs is 1. The molecule has 2 aromatic heterocycles. The van der Waals surface area contributed by atoms with E-state index in [-0.39, 0.29) is 17.5 Å². The van der Waals surface area contributed by atoms with Crippen LogP contribution in [-0.4, -0.2) is 53.9 Å². The van der Waals surface area contributed by atoms with Gasteiger partial charge >= 0.3 is 0 Å². The number of rotatable bonds is 4. The van der Waals surface area contributed by atoms with E-state index in [1.54, 1.807) is 12.1 Å². The molecule has 0 bridgehead atoms. The number of aryl methyl sites for hydroxylation is 1. The first kappa shape index (κ1) is 21.7. The second-order valence-corrected chi connectivity index (χ2v) is 9.37. The Labute approximate surface area is 199 Å². The number of piperazine rings is 1. The van der Waals surface area contributed by atoms with Crippen LogP contribution in [-0.2, 0) is 0 Å². The van der Waals surface area contributed by atoms with E-state index in [9.17, 15) is 9.18 Å². The second-order valence-electron chi connectivity index (χ2n) is 7.90. The number of carbonyl (C=O) groups excluding carboxylic acids is 1. The van der Waals surface area contributed by atoms with E-state index in [1.807, 2.05) is 46.8 Å². The zero-order chi connectivity index (χ0) is 23.1. The number of benzene rings is 2. The van der Waals surface area contributed by atoms with Gasteiger partial charge in [-0.2, -0.15) is 5.10 Å². The summed E-state index contributed by atoms with van der Waals surface area (Å²) in [6.07, 6.45) is 0. The van der Waals surface area contributed by atoms with Gasteiger partial charge in [-0.3, -0.25) is 4.79 Å². The summed E-state index contributed by atoms with van der Waals surface area (Å²) in [4.78, 5) is 18.9. The maximum atomic E-state index is 13.7. The van der Waals surface area contributed by atoms with Crippen LogP contribution in [0.25, 0.3) is 15.9 Å². The molecule has 1 saturated heterocycles. The summed E-state index contributed by atoms with van der Waals surface area (Å²) in [6.45, 7) is 4.47. The third-order valence-corrected chi connectivity index (χ3v) is 7.24. The lowest BCUT2D eigenvalue weighted by atomic mass is 10.2. The number of halogens is 2. The fourth-order valence-corrected chi connectivity index (χ4v) is 5.36. The lowest BCUT2D eigenvalue weighted by Crippen LogP contribution is -2.48. The molecule has 0 atom stereocenters. The molecule has 6 nitrogen and oxygen atoms in total. The van der Waals surface area contributed by atoms with Crippen molar-refractivity contribution < 1.29 is 13.9 Å². The first-order chi connectivity index (χ1) is 15.9. The minimum Gasteiger partial charge on any atom is -0.494 e. The Hall–Kier alpha value is -3.10. The Morgan fingerprint density at radius 2 is 1.76 bits per heavy atom. The quantitative estimate of drug-likeness (QED) is 0.401. The summed E-state index contributed by atoms with van der Waals surface area (Å²) in [5.74, 6) is -0.136. The minimum absolute atomic E-state index is 0.0228. The molecular weight excluding hydrogens is 463 g/mol. The number of aromatic nitrogens is 2. The molecule has 9 heteroatoms. The predicted octanol–water partition coefficient (Wildman–Crippen LogP) is 5.16. The monoisotopic (exact) mass is 484 g/mol. The van der Waals surface area contributed by atoms with Crippen molar-refractivity contribution in [1.29, 1.82) is 0 Å². The molecule has 1 aliphatic rings. The van der Waals surface area contributed by atoms with Crippen molar-refractivity contribution in [3.63, 3.8) is 0 Å². The summed E-state index contributed by atoms with van der Waals surface area (Å²) in [6, 6.07) is 14.3. The van der Waals surface area contributed by atoms with E-state index in [1.165, 1.54) is 24.5 Å².